The zero-order valence-electron chi connectivity index (χ0n) is 20.9. The monoisotopic (exact) mass is 510 g/mol. The maximum atomic E-state index is 5.53. The van der Waals surface area contributed by atoms with Crippen molar-refractivity contribution in [3.63, 3.8) is 0 Å². The topological polar surface area (TPSA) is 48.1 Å². The smallest absolute Gasteiger partial charge is 0.175 e. The number of hydrogen-bond donors (Lipinski definition) is 4. The lowest BCUT2D eigenvalue weighted by Gasteiger charge is -2.16. The minimum atomic E-state index is 0.571. The van der Waals surface area contributed by atoms with Crippen LogP contribution in [0.4, 0.5) is 22.7 Å². The first-order valence-electron chi connectivity index (χ1n) is 11.8. The highest BCUT2D eigenvalue weighted by molar-refractivity contribution is 7.81. The second kappa shape index (κ2) is 11.3. The van der Waals surface area contributed by atoms with Crippen LogP contribution in [0.1, 0.15) is 22.3 Å². The number of rotatable bonds is 5. The molecule has 0 fully saturated rings. The van der Waals surface area contributed by atoms with Gasteiger partial charge in [0.2, 0.25) is 0 Å². The zero-order chi connectivity index (χ0) is 25.7. The highest BCUT2D eigenvalue weighted by atomic mass is 32.1. The third-order valence-electron chi connectivity index (χ3n) is 6.07. The molecule has 6 heteroatoms. The van der Waals surface area contributed by atoms with Gasteiger partial charge >= 0.3 is 0 Å². The first-order chi connectivity index (χ1) is 17.3. The van der Waals surface area contributed by atoms with E-state index in [4.69, 9.17) is 24.4 Å². The molecule has 0 saturated carbocycles. The standard InChI is InChI=1S/C30H30N4S2/c1-19-9-5-7-11-25(19)31-29(35)33-27-15-13-23(17-21(27)3)24-14-16-28(22(4)18-24)34-30(36)32-26-12-8-6-10-20(26)2/h5-18H,1-4H3,(H2,31,33,35)(H2,32,34,36). The van der Waals surface area contributed by atoms with Crippen molar-refractivity contribution < 1.29 is 0 Å². The summed E-state index contributed by atoms with van der Waals surface area (Å²) < 4.78 is 0. The molecular formula is C30H30N4S2. The maximum absolute atomic E-state index is 5.53. The molecule has 0 aliphatic carbocycles. The molecule has 182 valence electrons. The Balaban J connectivity index is 1.42. The van der Waals surface area contributed by atoms with Gasteiger partial charge in [0, 0.05) is 22.7 Å². The van der Waals surface area contributed by atoms with E-state index in [0.29, 0.717) is 10.2 Å². The van der Waals surface area contributed by atoms with Crippen molar-refractivity contribution in [1.29, 1.82) is 0 Å². The highest BCUT2D eigenvalue weighted by Gasteiger charge is 2.08. The lowest BCUT2D eigenvalue weighted by molar-refractivity contribution is 1.42. The molecule has 0 aromatic heterocycles. The molecule has 0 spiro atoms. The SMILES string of the molecule is Cc1ccccc1NC(=S)Nc1ccc(-c2ccc(NC(=S)Nc3ccccc3C)c(C)c2)cc1C. The fraction of sp³-hybridized carbons (Fsp3) is 0.133. The third kappa shape index (κ3) is 6.27. The van der Waals surface area contributed by atoms with Gasteiger partial charge in [-0.2, -0.15) is 0 Å². The van der Waals surface area contributed by atoms with Crippen LogP contribution in [0.15, 0.2) is 84.9 Å². The molecule has 4 N–H and O–H groups in total. The van der Waals surface area contributed by atoms with Gasteiger partial charge in [0.05, 0.1) is 0 Å². The van der Waals surface area contributed by atoms with Gasteiger partial charge in [-0.05, 0) is 122 Å². The van der Waals surface area contributed by atoms with E-state index in [0.717, 1.165) is 56.1 Å². The van der Waals surface area contributed by atoms with E-state index in [1.54, 1.807) is 0 Å². The van der Waals surface area contributed by atoms with E-state index in [9.17, 15) is 0 Å². The number of aryl methyl sites for hydroxylation is 4. The van der Waals surface area contributed by atoms with Crippen LogP contribution < -0.4 is 21.3 Å². The largest absolute Gasteiger partial charge is 0.332 e. The second-order valence-electron chi connectivity index (χ2n) is 8.85. The van der Waals surface area contributed by atoms with Gasteiger partial charge in [-0.25, -0.2) is 0 Å². The molecule has 4 rings (SSSR count). The van der Waals surface area contributed by atoms with E-state index in [1.165, 1.54) is 0 Å². The van der Waals surface area contributed by atoms with Crippen molar-refractivity contribution in [2.75, 3.05) is 21.3 Å². The number of hydrogen-bond acceptors (Lipinski definition) is 2. The van der Waals surface area contributed by atoms with Gasteiger partial charge in [0.25, 0.3) is 0 Å². The molecule has 0 atom stereocenters. The molecule has 0 unspecified atom stereocenters. The molecule has 0 saturated heterocycles. The van der Waals surface area contributed by atoms with Gasteiger partial charge in [0.15, 0.2) is 10.2 Å². The summed E-state index contributed by atoms with van der Waals surface area (Å²) in [5, 5.41) is 14.3. The summed E-state index contributed by atoms with van der Waals surface area (Å²) in [4.78, 5) is 0. The molecule has 0 amide bonds. The van der Waals surface area contributed by atoms with Crippen molar-refractivity contribution in [1.82, 2.24) is 0 Å². The third-order valence-corrected chi connectivity index (χ3v) is 6.48. The predicted octanol–water partition coefficient (Wildman–Crippen LogP) is 8.21. The van der Waals surface area contributed by atoms with Crippen molar-refractivity contribution in [3.8, 4) is 11.1 Å². The summed E-state index contributed by atoms with van der Waals surface area (Å²) in [6.45, 7) is 8.28. The Kier molecular flexibility index (Phi) is 7.98. The fourth-order valence-corrected chi connectivity index (χ4v) is 4.38. The lowest BCUT2D eigenvalue weighted by atomic mass is 10.00. The molecule has 4 aromatic carbocycles. The molecule has 4 aromatic rings. The predicted molar refractivity (Wildman–Crippen MR) is 163 cm³/mol. The Morgan fingerprint density at radius 2 is 0.778 bits per heavy atom. The van der Waals surface area contributed by atoms with Crippen molar-refractivity contribution in [2.24, 2.45) is 0 Å². The molecule has 0 radical (unpaired) electrons. The molecule has 0 heterocycles. The van der Waals surface area contributed by atoms with E-state index in [1.807, 2.05) is 36.4 Å². The first-order valence-corrected chi connectivity index (χ1v) is 12.6. The Bertz CT molecular complexity index is 1320. The van der Waals surface area contributed by atoms with Crippen LogP contribution in [0.3, 0.4) is 0 Å². The molecule has 4 nitrogen and oxygen atoms in total. The summed E-state index contributed by atoms with van der Waals surface area (Å²) in [5.41, 5.74) is 10.8. The van der Waals surface area contributed by atoms with Crippen LogP contribution in [0.5, 0.6) is 0 Å². The van der Waals surface area contributed by atoms with E-state index >= 15 is 0 Å². The average molecular weight is 511 g/mol. The van der Waals surface area contributed by atoms with Crippen molar-refractivity contribution >= 4 is 57.4 Å². The highest BCUT2D eigenvalue weighted by Crippen LogP contribution is 2.28. The van der Waals surface area contributed by atoms with E-state index in [2.05, 4.69) is 97.5 Å². The molecule has 36 heavy (non-hydrogen) atoms. The van der Waals surface area contributed by atoms with Crippen LogP contribution in [-0.4, -0.2) is 10.2 Å². The second-order valence-corrected chi connectivity index (χ2v) is 9.66. The minimum Gasteiger partial charge on any atom is -0.332 e. The number of anilines is 4. The number of thiocarbonyl (C=S) groups is 2. The van der Waals surface area contributed by atoms with Gasteiger partial charge < -0.3 is 21.3 Å². The van der Waals surface area contributed by atoms with Crippen LogP contribution in [-0.2, 0) is 0 Å². The van der Waals surface area contributed by atoms with Gasteiger partial charge in [-0.3, -0.25) is 0 Å². The normalized spacial score (nSPS) is 10.4. The number of para-hydroxylation sites is 2. The van der Waals surface area contributed by atoms with E-state index < -0.39 is 0 Å². The Morgan fingerprint density at radius 1 is 0.444 bits per heavy atom. The summed E-state index contributed by atoms with van der Waals surface area (Å²) in [5.74, 6) is 0. The summed E-state index contributed by atoms with van der Waals surface area (Å²) in [7, 11) is 0. The summed E-state index contributed by atoms with van der Waals surface area (Å²) >= 11 is 11.1. The number of nitrogens with one attached hydrogen (secondary N) is 4. The minimum absolute atomic E-state index is 0.571. The van der Waals surface area contributed by atoms with Crippen LogP contribution in [0, 0.1) is 27.7 Å². The van der Waals surface area contributed by atoms with Crippen LogP contribution in [0.2, 0.25) is 0 Å². The van der Waals surface area contributed by atoms with Gasteiger partial charge in [0.1, 0.15) is 0 Å². The lowest BCUT2D eigenvalue weighted by Crippen LogP contribution is -2.20. The van der Waals surface area contributed by atoms with Gasteiger partial charge in [-0.15, -0.1) is 0 Å². The average Bonchev–Trinajstić information content (AvgIpc) is 2.84. The van der Waals surface area contributed by atoms with Crippen LogP contribution in [0.25, 0.3) is 11.1 Å². The van der Waals surface area contributed by atoms with E-state index in [-0.39, 0.29) is 0 Å². The Labute approximate surface area is 224 Å². The molecule has 0 aliphatic rings. The quantitative estimate of drug-likeness (QED) is 0.203. The number of benzene rings is 4. The van der Waals surface area contributed by atoms with Crippen LogP contribution >= 0.6 is 24.4 Å². The van der Waals surface area contributed by atoms with Crippen molar-refractivity contribution in [3.05, 3.63) is 107 Å². The Hall–Kier alpha value is -3.74. The fourth-order valence-electron chi connectivity index (χ4n) is 3.95. The van der Waals surface area contributed by atoms with Gasteiger partial charge in [-0.1, -0.05) is 48.5 Å². The first kappa shape index (κ1) is 25.4. The zero-order valence-corrected chi connectivity index (χ0v) is 22.5. The van der Waals surface area contributed by atoms with Crippen molar-refractivity contribution in [2.45, 2.75) is 27.7 Å². The molecule has 0 aliphatic heterocycles. The maximum Gasteiger partial charge on any atom is 0.175 e. The Morgan fingerprint density at radius 3 is 1.11 bits per heavy atom. The molecule has 0 bridgehead atoms. The summed E-state index contributed by atoms with van der Waals surface area (Å²) in [6.07, 6.45) is 0. The summed E-state index contributed by atoms with van der Waals surface area (Å²) in [6, 6.07) is 28.9. The molecular weight excluding hydrogens is 480 g/mol.